The Bertz CT molecular complexity index is 991. The lowest BCUT2D eigenvalue weighted by Gasteiger charge is -2.33. The summed E-state index contributed by atoms with van der Waals surface area (Å²) in [4.78, 5) is 18.9. The van der Waals surface area contributed by atoms with E-state index in [1.165, 1.54) is 18.2 Å². The maximum atomic E-state index is 12.8. The molecule has 1 unspecified atom stereocenters. The Hall–Kier alpha value is -2.87. The number of rotatable bonds is 6. The molecule has 3 aromatic rings. The number of hydrogen-bond acceptors (Lipinski definition) is 6. The number of aromatic nitrogens is 4. The van der Waals surface area contributed by atoms with Gasteiger partial charge in [0, 0.05) is 36.2 Å². The molecular formula is C22H25N5O2S. The molecule has 0 spiro atoms. The molecule has 7 nitrogen and oxygen atoms in total. The monoisotopic (exact) mass is 423 g/mol. The zero-order chi connectivity index (χ0) is 20.9. The van der Waals surface area contributed by atoms with Crippen molar-refractivity contribution in [2.24, 2.45) is 0 Å². The number of pyridine rings is 1. The Morgan fingerprint density at radius 3 is 2.60 bits per heavy atom. The van der Waals surface area contributed by atoms with E-state index in [9.17, 15) is 4.79 Å². The number of piperidine rings is 1. The Balaban J connectivity index is 1.62. The van der Waals surface area contributed by atoms with Crippen LogP contribution in [-0.2, 0) is 4.79 Å². The van der Waals surface area contributed by atoms with Crippen molar-refractivity contribution in [3.8, 4) is 22.8 Å². The van der Waals surface area contributed by atoms with Gasteiger partial charge < -0.3 is 9.64 Å². The van der Waals surface area contributed by atoms with Crippen LogP contribution in [0.5, 0.6) is 5.75 Å². The predicted octanol–water partition coefficient (Wildman–Crippen LogP) is 3.83. The van der Waals surface area contributed by atoms with Crippen LogP contribution < -0.4 is 4.74 Å². The van der Waals surface area contributed by atoms with Gasteiger partial charge in [0.25, 0.3) is 0 Å². The van der Waals surface area contributed by atoms with Crippen molar-refractivity contribution in [3.63, 3.8) is 0 Å². The van der Waals surface area contributed by atoms with E-state index in [1.807, 2.05) is 45.9 Å². The minimum Gasteiger partial charge on any atom is -0.497 e. The van der Waals surface area contributed by atoms with Gasteiger partial charge in [0.2, 0.25) is 5.91 Å². The quantitative estimate of drug-likeness (QED) is 0.561. The molecule has 156 valence electrons. The number of carbonyl (C=O) groups excluding carboxylic acids is 1. The van der Waals surface area contributed by atoms with E-state index in [1.54, 1.807) is 19.5 Å². The van der Waals surface area contributed by atoms with Crippen molar-refractivity contribution >= 4 is 17.7 Å². The Morgan fingerprint density at radius 1 is 1.13 bits per heavy atom. The topological polar surface area (TPSA) is 73.1 Å². The van der Waals surface area contributed by atoms with Gasteiger partial charge in [0.05, 0.1) is 12.9 Å². The van der Waals surface area contributed by atoms with Gasteiger partial charge >= 0.3 is 0 Å². The second-order valence-electron chi connectivity index (χ2n) is 7.30. The normalized spacial score (nSPS) is 16.5. The smallest absolute Gasteiger partial charge is 0.233 e. The molecule has 0 saturated carbocycles. The summed E-state index contributed by atoms with van der Waals surface area (Å²) in [6.07, 6.45) is 6.81. The predicted molar refractivity (Wildman–Crippen MR) is 117 cm³/mol. The third kappa shape index (κ3) is 4.33. The fourth-order valence-electron chi connectivity index (χ4n) is 3.69. The average molecular weight is 424 g/mol. The molecular weight excluding hydrogens is 398 g/mol. The van der Waals surface area contributed by atoms with Gasteiger partial charge in [-0.2, -0.15) is 0 Å². The highest BCUT2D eigenvalue weighted by atomic mass is 32.2. The van der Waals surface area contributed by atoms with Crippen LogP contribution in [0.4, 0.5) is 0 Å². The van der Waals surface area contributed by atoms with Crippen LogP contribution in [0.25, 0.3) is 17.1 Å². The van der Waals surface area contributed by atoms with E-state index in [4.69, 9.17) is 4.74 Å². The molecule has 1 aliphatic heterocycles. The number of hydrogen-bond donors (Lipinski definition) is 0. The van der Waals surface area contributed by atoms with Gasteiger partial charge in [-0.1, -0.05) is 11.8 Å². The van der Waals surface area contributed by atoms with E-state index in [-0.39, 0.29) is 5.91 Å². The fraction of sp³-hybridized carbons (Fsp3) is 0.364. The molecule has 3 heterocycles. The zero-order valence-corrected chi connectivity index (χ0v) is 18.0. The molecule has 30 heavy (non-hydrogen) atoms. The van der Waals surface area contributed by atoms with Gasteiger partial charge in [-0.05, 0) is 62.6 Å². The summed E-state index contributed by atoms with van der Waals surface area (Å²) in [5.41, 5.74) is 1.82. The summed E-state index contributed by atoms with van der Waals surface area (Å²) >= 11 is 1.42. The van der Waals surface area contributed by atoms with Crippen LogP contribution in [0.3, 0.4) is 0 Å². The van der Waals surface area contributed by atoms with Crippen molar-refractivity contribution in [3.05, 3.63) is 48.8 Å². The molecule has 1 fully saturated rings. The average Bonchev–Trinajstić information content (AvgIpc) is 3.22. The number of thioether (sulfide) groups is 1. The summed E-state index contributed by atoms with van der Waals surface area (Å²) in [5, 5.41) is 9.51. The van der Waals surface area contributed by atoms with Gasteiger partial charge in [-0.25, -0.2) is 0 Å². The Kier molecular flexibility index (Phi) is 6.32. The molecule has 2 aromatic heterocycles. The van der Waals surface area contributed by atoms with Gasteiger partial charge in [-0.3, -0.25) is 14.3 Å². The first kappa shape index (κ1) is 20.4. The fourth-order valence-corrected chi connectivity index (χ4v) is 4.53. The van der Waals surface area contributed by atoms with Gasteiger partial charge in [-0.15, -0.1) is 10.2 Å². The van der Waals surface area contributed by atoms with Crippen LogP contribution in [0.1, 0.15) is 26.2 Å². The molecule has 1 aromatic carbocycles. The van der Waals surface area contributed by atoms with Gasteiger partial charge in [0.1, 0.15) is 5.75 Å². The van der Waals surface area contributed by atoms with E-state index >= 15 is 0 Å². The van der Waals surface area contributed by atoms with Crippen LogP contribution in [0.15, 0.2) is 53.9 Å². The minimum absolute atomic E-state index is 0.155. The first-order valence-electron chi connectivity index (χ1n) is 10.1. The van der Waals surface area contributed by atoms with Crippen LogP contribution >= 0.6 is 11.8 Å². The second-order valence-corrected chi connectivity index (χ2v) is 8.24. The molecule has 0 bridgehead atoms. The molecule has 8 heteroatoms. The van der Waals surface area contributed by atoms with Crippen molar-refractivity contribution in [2.75, 3.05) is 19.4 Å². The first-order chi connectivity index (χ1) is 14.7. The molecule has 4 rings (SSSR count). The lowest BCUT2D eigenvalue weighted by molar-refractivity contribution is -0.131. The van der Waals surface area contributed by atoms with Crippen molar-refractivity contribution in [1.82, 2.24) is 24.6 Å². The zero-order valence-electron chi connectivity index (χ0n) is 17.2. The molecule has 1 atom stereocenters. The van der Waals surface area contributed by atoms with Crippen molar-refractivity contribution < 1.29 is 9.53 Å². The van der Waals surface area contributed by atoms with Crippen molar-refractivity contribution in [1.29, 1.82) is 0 Å². The Morgan fingerprint density at radius 2 is 1.90 bits per heavy atom. The first-order valence-corrected chi connectivity index (χ1v) is 11.1. The van der Waals surface area contributed by atoms with Gasteiger partial charge in [0.15, 0.2) is 11.0 Å². The molecule has 0 aliphatic carbocycles. The lowest BCUT2D eigenvalue weighted by Crippen LogP contribution is -2.42. The lowest BCUT2D eigenvalue weighted by atomic mass is 10.0. The van der Waals surface area contributed by atoms with E-state index in [0.717, 1.165) is 36.4 Å². The van der Waals surface area contributed by atoms with E-state index in [0.29, 0.717) is 22.8 Å². The SMILES string of the molecule is COc1ccc(-n2c(SCC(=O)N3CCCCC3C)nnc2-c2ccncc2)cc1. The standard InChI is InChI=1S/C22H25N5O2S/c1-16-5-3-4-14-26(16)20(28)15-30-22-25-24-21(17-10-12-23-13-11-17)27(22)18-6-8-19(29-2)9-7-18/h6-13,16H,3-5,14-15H2,1-2H3. The second kappa shape index (κ2) is 9.30. The molecule has 1 amide bonds. The number of nitrogens with zero attached hydrogens (tertiary/aromatic N) is 5. The molecule has 0 radical (unpaired) electrons. The minimum atomic E-state index is 0.155. The Labute approximate surface area is 180 Å². The largest absolute Gasteiger partial charge is 0.497 e. The maximum absolute atomic E-state index is 12.8. The van der Waals surface area contributed by atoms with E-state index in [2.05, 4.69) is 22.1 Å². The number of benzene rings is 1. The van der Waals surface area contributed by atoms with Crippen molar-refractivity contribution in [2.45, 2.75) is 37.4 Å². The summed E-state index contributed by atoms with van der Waals surface area (Å²) in [5.74, 6) is 1.99. The molecule has 1 aliphatic rings. The number of carbonyl (C=O) groups is 1. The highest BCUT2D eigenvalue weighted by molar-refractivity contribution is 7.99. The number of likely N-dealkylation sites (tertiary alicyclic amines) is 1. The summed E-state index contributed by atoms with van der Waals surface area (Å²) in [6.45, 7) is 2.97. The highest BCUT2D eigenvalue weighted by Gasteiger charge is 2.24. The number of amides is 1. The maximum Gasteiger partial charge on any atom is 0.233 e. The van der Waals surface area contributed by atoms with Crippen LogP contribution in [0, 0.1) is 0 Å². The highest BCUT2D eigenvalue weighted by Crippen LogP contribution is 2.29. The molecule has 1 saturated heterocycles. The number of ether oxygens (including phenoxy) is 1. The summed E-state index contributed by atoms with van der Waals surface area (Å²) in [6, 6.07) is 11.8. The summed E-state index contributed by atoms with van der Waals surface area (Å²) < 4.78 is 7.26. The van der Waals surface area contributed by atoms with Crippen LogP contribution in [0.2, 0.25) is 0 Å². The third-order valence-electron chi connectivity index (χ3n) is 5.35. The third-order valence-corrected chi connectivity index (χ3v) is 6.26. The number of methoxy groups -OCH3 is 1. The van der Waals surface area contributed by atoms with E-state index < -0.39 is 0 Å². The molecule has 0 N–H and O–H groups in total. The summed E-state index contributed by atoms with van der Waals surface area (Å²) in [7, 11) is 1.64. The van der Waals surface area contributed by atoms with Crippen LogP contribution in [-0.4, -0.2) is 56.0 Å².